The van der Waals surface area contributed by atoms with Crippen LogP contribution in [0.4, 0.5) is 0 Å². The highest BCUT2D eigenvalue weighted by Gasteiger charge is 2.56. The largest absolute Gasteiger partial charge is 0.493 e. The molecule has 4 N–H and O–H groups in total. The molecule has 0 aliphatic carbocycles. The van der Waals surface area contributed by atoms with Crippen LogP contribution in [0.2, 0.25) is 0 Å². The van der Waals surface area contributed by atoms with Gasteiger partial charge in [-0.2, -0.15) is 0 Å². The van der Waals surface area contributed by atoms with Crippen molar-refractivity contribution < 1.29 is 63.2 Å². The molecule has 0 radical (unpaired) electrons. The number of hydrogen-bond donors (Lipinski definition) is 4. The van der Waals surface area contributed by atoms with Gasteiger partial charge in [-0.15, -0.1) is 0 Å². The maximum absolute atomic E-state index is 12.0. The van der Waals surface area contributed by atoms with Crippen LogP contribution in [0.25, 0.3) is 5.57 Å². The molecule has 3 aromatic rings. The minimum atomic E-state index is -2.23. The Bertz CT molecular complexity index is 2160. The van der Waals surface area contributed by atoms with Gasteiger partial charge in [0.15, 0.2) is 11.5 Å². The van der Waals surface area contributed by atoms with E-state index in [-0.39, 0.29) is 18.3 Å². The molecule has 0 unspecified atom stereocenters. The Morgan fingerprint density at radius 1 is 1.08 bits per heavy atom. The molecule has 0 amide bonds. The van der Waals surface area contributed by atoms with Crippen molar-refractivity contribution in [1.29, 1.82) is 0 Å². The quantitative estimate of drug-likeness (QED) is 0.151. The van der Waals surface area contributed by atoms with Crippen LogP contribution in [-0.2, 0) is 19.1 Å². The molecule has 1 fully saturated rings. The van der Waals surface area contributed by atoms with Crippen LogP contribution in [0, 0.1) is 11.8 Å². The van der Waals surface area contributed by atoms with Crippen molar-refractivity contribution >= 4 is 17.5 Å². The van der Waals surface area contributed by atoms with Crippen molar-refractivity contribution in [3.05, 3.63) is 75.3 Å². The third-order valence-corrected chi connectivity index (χ3v) is 9.96. The molecule has 14 heteroatoms. The first kappa shape index (κ1) is 32.9. The van der Waals surface area contributed by atoms with Crippen LogP contribution >= 0.6 is 0 Å². The second-order valence-electron chi connectivity index (χ2n) is 12.8. The van der Waals surface area contributed by atoms with E-state index in [0.717, 1.165) is 21.7 Å². The summed E-state index contributed by atoms with van der Waals surface area (Å²) >= 11 is 0. The standard InChI is InChI=1S/C37H33NO13/c1-45-23-10-9-18-21-15-47-25-12-24-19(7-5-11-37(44)26(16-48-28(41)13-27(39)40)50-36(49-24)31(42)35(37)43)29(20-14-38-22-8-4-3-6-17(20)22)30(25)32(21)51-33(18)34(23)46-2/h3-4,6,8-10,12,21,26,31-32,35-36,42-44H,11,13-16H2,1-2H3,(H,39,40)/t21-,26+,31+,32+,35+,36+,37+/m0/s1. The highest BCUT2D eigenvalue weighted by atomic mass is 16.7. The molecule has 2 bridgehead atoms. The Labute approximate surface area is 290 Å². The Morgan fingerprint density at radius 2 is 1.90 bits per heavy atom. The molecule has 7 atom stereocenters. The first-order valence-corrected chi connectivity index (χ1v) is 16.3. The van der Waals surface area contributed by atoms with Gasteiger partial charge in [-0.3, -0.25) is 14.6 Å². The van der Waals surface area contributed by atoms with Crippen molar-refractivity contribution in [3.8, 4) is 40.6 Å². The van der Waals surface area contributed by atoms with Crippen molar-refractivity contribution in [2.24, 2.45) is 4.99 Å². The molecule has 9 rings (SSSR count). The summed E-state index contributed by atoms with van der Waals surface area (Å²) in [6.07, 6.45) is -8.48. The fourth-order valence-electron chi connectivity index (χ4n) is 7.47. The topological polar surface area (TPSA) is 192 Å². The smallest absolute Gasteiger partial charge is 0.317 e. The minimum Gasteiger partial charge on any atom is -0.493 e. The number of rotatable bonds is 7. The highest BCUT2D eigenvalue weighted by Crippen LogP contribution is 2.58. The summed E-state index contributed by atoms with van der Waals surface area (Å²) in [5, 5.41) is 44.6. The zero-order chi connectivity index (χ0) is 35.6. The average Bonchev–Trinajstić information content (AvgIpc) is 3.72. The van der Waals surface area contributed by atoms with Crippen LogP contribution in [0.1, 0.15) is 47.1 Å². The number of ether oxygens (including phenoxy) is 7. The fraction of sp³-hybridized carbons (Fsp3) is 0.378. The summed E-state index contributed by atoms with van der Waals surface area (Å²) in [6.45, 7) is -0.0798. The number of carbonyl (C=O) groups excluding carboxylic acids is 1. The molecule has 3 aromatic carbocycles. The van der Waals surface area contributed by atoms with Gasteiger partial charge < -0.3 is 53.6 Å². The van der Waals surface area contributed by atoms with Gasteiger partial charge in [0.25, 0.3) is 0 Å². The van der Waals surface area contributed by atoms with Gasteiger partial charge in [-0.05, 0) is 17.7 Å². The third kappa shape index (κ3) is 5.23. The van der Waals surface area contributed by atoms with E-state index < -0.39 is 67.7 Å². The van der Waals surface area contributed by atoms with E-state index in [2.05, 4.69) is 11.8 Å². The lowest BCUT2D eigenvalue weighted by Gasteiger charge is -2.47. The normalized spacial score (nSPS) is 27.7. The number of aliphatic hydroxyl groups is 3. The van der Waals surface area contributed by atoms with Gasteiger partial charge in [-0.1, -0.05) is 36.1 Å². The number of methoxy groups -OCH3 is 2. The number of esters is 1. The molecule has 0 saturated carbocycles. The number of aliphatic carboxylic acids is 1. The molecule has 6 aliphatic rings. The third-order valence-electron chi connectivity index (χ3n) is 9.96. The van der Waals surface area contributed by atoms with Gasteiger partial charge in [0.1, 0.15) is 54.5 Å². The summed E-state index contributed by atoms with van der Waals surface area (Å²) in [5.41, 5.74) is 1.23. The van der Waals surface area contributed by atoms with E-state index in [1.165, 1.54) is 0 Å². The average molecular weight is 700 g/mol. The van der Waals surface area contributed by atoms with Crippen molar-refractivity contribution in [1.82, 2.24) is 0 Å². The monoisotopic (exact) mass is 699 g/mol. The number of carboxylic acids is 1. The Morgan fingerprint density at radius 3 is 2.69 bits per heavy atom. The number of benzene rings is 3. The van der Waals surface area contributed by atoms with Gasteiger partial charge in [-0.25, -0.2) is 0 Å². The molecule has 0 aromatic heterocycles. The predicted octanol–water partition coefficient (Wildman–Crippen LogP) is 0.475. The van der Waals surface area contributed by atoms with Crippen molar-refractivity contribution in [2.45, 2.75) is 55.1 Å². The number of para-hydroxylation sites is 1. The van der Waals surface area contributed by atoms with E-state index in [0.29, 0.717) is 46.2 Å². The SMILES string of the molecule is COc1ccc2c(c1OC)O[C@H]1c3c(cc4c(c3C3=c5ccccc5=NC3)C#CC[C@]3(O)[C@H](O)[C@@H](O)[C@H](O4)O[C@@H]3COC(=O)CC(=O)O)OC[C@@H]21. The first-order chi connectivity index (χ1) is 24.6. The summed E-state index contributed by atoms with van der Waals surface area (Å²) in [5.74, 6) is 5.53. The number of carbonyl (C=O) groups is 2. The van der Waals surface area contributed by atoms with Crippen LogP contribution < -0.4 is 34.3 Å². The van der Waals surface area contributed by atoms with Crippen molar-refractivity contribution in [2.75, 3.05) is 34.0 Å². The second-order valence-corrected chi connectivity index (χ2v) is 12.8. The van der Waals surface area contributed by atoms with Crippen LogP contribution in [-0.4, -0.2) is 96.5 Å². The Hall–Kier alpha value is -5.33. The van der Waals surface area contributed by atoms with Gasteiger partial charge in [0.2, 0.25) is 12.0 Å². The molecule has 6 heterocycles. The van der Waals surface area contributed by atoms with Gasteiger partial charge >= 0.3 is 11.9 Å². The van der Waals surface area contributed by atoms with Crippen LogP contribution in [0.3, 0.4) is 0 Å². The molecule has 6 aliphatic heterocycles. The number of carboxylic acid groups (broad SMARTS) is 1. The van der Waals surface area contributed by atoms with Gasteiger partial charge in [0.05, 0.1) is 44.2 Å². The summed E-state index contributed by atoms with van der Waals surface area (Å²) in [4.78, 5) is 27.8. The lowest BCUT2D eigenvalue weighted by atomic mass is 9.80. The second kappa shape index (κ2) is 12.5. The van der Waals surface area contributed by atoms with E-state index in [4.69, 9.17) is 43.3 Å². The molecule has 0 spiro atoms. The van der Waals surface area contributed by atoms with Crippen LogP contribution in [0.15, 0.2) is 47.5 Å². The van der Waals surface area contributed by atoms with Crippen molar-refractivity contribution in [3.63, 3.8) is 0 Å². The summed E-state index contributed by atoms with van der Waals surface area (Å²) in [7, 11) is 3.10. The fourth-order valence-corrected chi connectivity index (χ4v) is 7.47. The lowest BCUT2D eigenvalue weighted by Crippen LogP contribution is -2.68. The van der Waals surface area contributed by atoms with Gasteiger partial charge in [0, 0.05) is 34.4 Å². The number of aliphatic hydroxyl groups excluding tert-OH is 2. The van der Waals surface area contributed by atoms with E-state index in [1.54, 1.807) is 20.3 Å². The number of nitrogens with zero attached hydrogens (tertiary/aromatic N) is 1. The molecule has 51 heavy (non-hydrogen) atoms. The zero-order valence-corrected chi connectivity index (χ0v) is 27.5. The highest BCUT2D eigenvalue weighted by molar-refractivity contribution is 5.90. The zero-order valence-electron chi connectivity index (χ0n) is 27.5. The molecule has 14 nitrogen and oxygen atoms in total. The first-order valence-electron chi connectivity index (χ1n) is 16.3. The minimum absolute atomic E-state index is 0.159. The maximum Gasteiger partial charge on any atom is 0.317 e. The Balaban J connectivity index is 1.29. The molecule has 264 valence electrons. The molecular formula is C37H33NO13. The maximum atomic E-state index is 12.0. The van der Waals surface area contributed by atoms with E-state index in [1.807, 2.05) is 36.4 Å². The number of fused-ring (bicyclic) bond motifs is 9. The number of hydrogen-bond acceptors (Lipinski definition) is 13. The predicted molar refractivity (Wildman–Crippen MR) is 173 cm³/mol. The van der Waals surface area contributed by atoms with E-state index in [9.17, 15) is 24.9 Å². The van der Waals surface area contributed by atoms with Crippen LogP contribution in [0.5, 0.6) is 28.7 Å². The lowest BCUT2D eigenvalue weighted by molar-refractivity contribution is -0.312. The summed E-state index contributed by atoms with van der Waals surface area (Å²) < 4.78 is 41.8. The summed E-state index contributed by atoms with van der Waals surface area (Å²) in [6, 6.07) is 13.1. The molecular weight excluding hydrogens is 666 g/mol. The molecule has 1 saturated heterocycles. The Kier molecular flexibility index (Phi) is 8.03. The van der Waals surface area contributed by atoms with E-state index >= 15 is 0 Å².